The zero-order valence-corrected chi connectivity index (χ0v) is 18.9. The molecule has 1 atom stereocenters. The van der Waals surface area contributed by atoms with E-state index in [2.05, 4.69) is 39.5 Å². The molecule has 32 heavy (non-hydrogen) atoms. The van der Waals surface area contributed by atoms with Crippen molar-refractivity contribution < 1.29 is 9.53 Å². The number of hydrogen-bond donors (Lipinski definition) is 1. The summed E-state index contributed by atoms with van der Waals surface area (Å²) in [6, 6.07) is 18.7. The molecule has 0 spiro atoms. The number of nitrogens with one attached hydrogen (secondary N) is 1. The van der Waals surface area contributed by atoms with Gasteiger partial charge in [0.05, 0.1) is 18.7 Å². The number of nitrogens with zero attached hydrogens (tertiary/aromatic N) is 3. The average molecular weight is 431 g/mol. The summed E-state index contributed by atoms with van der Waals surface area (Å²) in [5.41, 5.74) is 4.42. The number of ether oxygens (including phenoxy) is 1. The molecule has 3 aromatic rings. The molecule has 2 heterocycles. The Kier molecular flexibility index (Phi) is 6.69. The van der Waals surface area contributed by atoms with E-state index in [1.54, 1.807) is 14.0 Å². The molecule has 0 unspecified atom stereocenters. The van der Waals surface area contributed by atoms with Crippen LogP contribution in [0.15, 0.2) is 60.8 Å². The van der Waals surface area contributed by atoms with Crippen LogP contribution in [0.4, 0.5) is 5.95 Å². The minimum absolute atomic E-state index is 0.00963. The van der Waals surface area contributed by atoms with Crippen molar-refractivity contribution in [2.24, 2.45) is 0 Å². The van der Waals surface area contributed by atoms with E-state index in [1.807, 2.05) is 43.5 Å². The molecule has 6 nitrogen and oxygen atoms in total. The Bertz CT molecular complexity index is 1050. The van der Waals surface area contributed by atoms with Gasteiger partial charge in [-0.2, -0.15) is 4.98 Å². The van der Waals surface area contributed by atoms with Crippen LogP contribution in [0.2, 0.25) is 0 Å². The molecule has 1 N–H and O–H groups in total. The normalized spacial score (nSPS) is 15.3. The maximum absolute atomic E-state index is 11.3. The van der Waals surface area contributed by atoms with E-state index in [0.29, 0.717) is 11.8 Å². The molecular formula is C26H30N4O2. The second-order valence-electron chi connectivity index (χ2n) is 8.31. The van der Waals surface area contributed by atoms with Crippen LogP contribution in [-0.4, -0.2) is 36.1 Å². The summed E-state index contributed by atoms with van der Waals surface area (Å²) in [7, 11) is 1.65. The van der Waals surface area contributed by atoms with Crippen molar-refractivity contribution in [2.45, 2.75) is 38.6 Å². The van der Waals surface area contributed by atoms with Gasteiger partial charge in [-0.05, 0) is 42.4 Å². The minimum atomic E-state index is -0.00963. The number of methoxy groups -OCH3 is 1. The molecule has 0 bridgehead atoms. The van der Waals surface area contributed by atoms with E-state index in [4.69, 9.17) is 9.72 Å². The molecule has 1 amide bonds. The summed E-state index contributed by atoms with van der Waals surface area (Å²) in [6.07, 6.45) is 3.96. The van der Waals surface area contributed by atoms with Crippen LogP contribution < -0.4 is 15.0 Å². The monoisotopic (exact) mass is 430 g/mol. The van der Waals surface area contributed by atoms with Crippen molar-refractivity contribution in [1.29, 1.82) is 0 Å². The lowest BCUT2D eigenvalue weighted by molar-refractivity contribution is -0.119. The quantitative estimate of drug-likeness (QED) is 0.612. The highest BCUT2D eigenvalue weighted by Crippen LogP contribution is 2.33. The van der Waals surface area contributed by atoms with Gasteiger partial charge in [-0.1, -0.05) is 54.6 Å². The van der Waals surface area contributed by atoms with Crippen LogP contribution >= 0.6 is 0 Å². The molecule has 0 radical (unpaired) electrons. The Balaban J connectivity index is 1.41. The van der Waals surface area contributed by atoms with Crippen molar-refractivity contribution in [3.63, 3.8) is 0 Å². The zero-order valence-electron chi connectivity index (χ0n) is 18.9. The number of piperidine rings is 1. The van der Waals surface area contributed by atoms with Gasteiger partial charge < -0.3 is 15.0 Å². The maximum Gasteiger partial charge on any atom is 0.228 e. The first-order valence-electron chi connectivity index (χ1n) is 11.1. The summed E-state index contributed by atoms with van der Waals surface area (Å²) >= 11 is 0. The third kappa shape index (κ3) is 4.90. The summed E-state index contributed by atoms with van der Waals surface area (Å²) in [5, 5.41) is 2.94. The molecular weight excluding hydrogens is 400 g/mol. The first-order chi connectivity index (χ1) is 15.5. The number of amides is 1. The van der Waals surface area contributed by atoms with E-state index < -0.39 is 0 Å². The molecule has 0 saturated carbocycles. The number of hydrogen-bond acceptors (Lipinski definition) is 5. The molecule has 2 aromatic carbocycles. The Morgan fingerprint density at radius 3 is 2.41 bits per heavy atom. The molecule has 4 rings (SSSR count). The highest BCUT2D eigenvalue weighted by Gasteiger charge is 2.23. The van der Waals surface area contributed by atoms with Crippen LogP contribution in [0.5, 0.6) is 5.88 Å². The number of benzene rings is 2. The fourth-order valence-electron chi connectivity index (χ4n) is 4.34. The number of carbonyl (C=O) groups is 1. The Hall–Kier alpha value is -3.41. The number of anilines is 1. The second-order valence-corrected chi connectivity index (χ2v) is 8.31. The molecule has 1 fully saturated rings. The van der Waals surface area contributed by atoms with Gasteiger partial charge in [0.15, 0.2) is 0 Å². The summed E-state index contributed by atoms with van der Waals surface area (Å²) in [6.45, 7) is 5.37. The van der Waals surface area contributed by atoms with Gasteiger partial charge in [0.25, 0.3) is 0 Å². The van der Waals surface area contributed by atoms with Crippen LogP contribution in [0.1, 0.15) is 49.8 Å². The van der Waals surface area contributed by atoms with Crippen LogP contribution in [-0.2, 0) is 4.79 Å². The van der Waals surface area contributed by atoms with Gasteiger partial charge in [0, 0.05) is 26.2 Å². The summed E-state index contributed by atoms with van der Waals surface area (Å²) in [5.74, 6) is 1.83. The summed E-state index contributed by atoms with van der Waals surface area (Å²) < 4.78 is 5.57. The number of rotatable bonds is 6. The third-order valence-corrected chi connectivity index (χ3v) is 6.12. The van der Waals surface area contributed by atoms with Crippen LogP contribution in [0.25, 0.3) is 11.1 Å². The Morgan fingerprint density at radius 2 is 1.78 bits per heavy atom. The van der Waals surface area contributed by atoms with Gasteiger partial charge in [-0.25, -0.2) is 4.98 Å². The molecule has 1 saturated heterocycles. The molecule has 1 aliphatic heterocycles. The Labute approximate surface area is 189 Å². The first-order valence-corrected chi connectivity index (χ1v) is 11.1. The average Bonchev–Trinajstić information content (AvgIpc) is 2.84. The lowest BCUT2D eigenvalue weighted by Gasteiger charge is -2.32. The molecule has 6 heteroatoms. The number of aromatic nitrogens is 2. The van der Waals surface area contributed by atoms with E-state index in [-0.39, 0.29) is 11.9 Å². The highest BCUT2D eigenvalue weighted by atomic mass is 16.5. The molecule has 0 aliphatic carbocycles. The zero-order chi connectivity index (χ0) is 22.5. The van der Waals surface area contributed by atoms with Crippen molar-refractivity contribution in [1.82, 2.24) is 15.3 Å². The summed E-state index contributed by atoms with van der Waals surface area (Å²) in [4.78, 5) is 22.9. The van der Waals surface area contributed by atoms with Gasteiger partial charge in [0.1, 0.15) is 0 Å². The fraction of sp³-hybridized carbons (Fsp3) is 0.346. The van der Waals surface area contributed by atoms with Gasteiger partial charge >= 0.3 is 0 Å². The fourth-order valence-corrected chi connectivity index (χ4v) is 4.34. The smallest absolute Gasteiger partial charge is 0.228 e. The SMILES string of the molecule is COc1nc(N2CCC(c3ccc([C@H](C)NC(C)=O)cc3)CC2)ncc1-c1ccccc1. The third-order valence-electron chi connectivity index (χ3n) is 6.12. The largest absolute Gasteiger partial charge is 0.480 e. The van der Waals surface area contributed by atoms with Gasteiger partial charge in [-0.15, -0.1) is 0 Å². The van der Waals surface area contributed by atoms with Gasteiger partial charge in [0.2, 0.25) is 17.7 Å². The molecule has 1 aliphatic rings. The predicted octanol–water partition coefficient (Wildman–Crippen LogP) is 4.73. The molecule has 166 valence electrons. The second kappa shape index (κ2) is 9.81. The predicted molar refractivity (Wildman–Crippen MR) is 127 cm³/mol. The topological polar surface area (TPSA) is 67.3 Å². The lowest BCUT2D eigenvalue weighted by Crippen LogP contribution is -2.34. The van der Waals surface area contributed by atoms with Crippen molar-refractivity contribution in [2.75, 3.05) is 25.1 Å². The first kappa shape index (κ1) is 21.8. The highest BCUT2D eigenvalue weighted by molar-refractivity contribution is 5.73. The van der Waals surface area contributed by atoms with Gasteiger partial charge in [-0.3, -0.25) is 4.79 Å². The maximum atomic E-state index is 11.3. The molecule has 1 aromatic heterocycles. The van der Waals surface area contributed by atoms with E-state index in [1.165, 1.54) is 5.56 Å². The number of carbonyl (C=O) groups excluding carboxylic acids is 1. The Morgan fingerprint density at radius 1 is 1.09 bits per heavy atom. The van der Waals surface area contributed by atoms with E-state index in [0.717, 1.165) is 48.6 Å². The standard InChI is InChI=1S/C26H30N4O2/c1-18(28-19(2)31)20-9-11-21(12-10-20)22-13-15-30(16-14-22)26-27-17-24(25(29-26)32-3)23-7-5-4-6-8-23/h4-12,17-18,22H,13-16H2,1-3H3,(H,28,31)/t18-/m0/s1. The van der Waals surface area contributed by atoms with Crippen LogP contribution in [0.3, 0.4) is 0 Å². The minimum Gasteiger partial charge on any atom is -0.480 e. The van der Waals surface area contributed by atoms with Crippen molar-refractivity contribution in [3.05, 3.63) is 71.9 Å². The van der Waals surface area contributed by atoms with E-state index in [9.17, 15) is 4.79 Å². The van der Waals surface area contributed by atoms with Crippen LogP contribution in [0, 0.1) is 0 Å². The van der Waals surface area contributed by atoms with Crippen molar-refractivity contribution >= 4 is 11.9 Å². The van der Waals surface area contributed by atoms with E-state index >= 15 is 0 Å². The van der Waals surface area contributed by atoms with Crippen molar-refractivity contribution in [3.8, 4) is 17.0 Å². The lowest BCUT2D eigenvalue weighted by atomic mass is 9.88.